The summed E-state index contributed by atoms with van der Waals surface area (Å²) in [7, 11) is 1.01. The molecule has 0 rings (SSSR count). The summed E-state index contributed by atoms with van der Waals surface area (Å²) in [4.78, 5) is 11.4. The summed E-state index contributed by atoms with van der Waals surface area (Å²) in [5.41, 5.74) is 0. The largest absolute Gasteiger partial charge is 0.750 e. The molecule has 16 heavy (non-hydrogen) atoms. The quantitative estimate of drug-likeness (QED) is 0.483. The molecule has 0 aromatic heterocycles. The molecule has 0 amide bonds. The van der Waals surface area contributed by atoms with Gasteiger partial charge in [-0.15, -0.1) is 0 Å². The van der Waals surface area contributed by atoms with E-state index in [4.69, 9.17) is 17.7 Å². The smallest absolute Gasteiger partial charge is 0.452 e. The van der Waals surface area contributed by atoms with Gasteiger partial charge in [0, 0.05) is 57.3 Å². The van der Waals surface area contributed by atoms with Gasteiger partial charge in [0.1, 0.15) is 0 Å². The molecular weight excluding hydrogens is 239 g/mol. The van der Waals surface area contributed by atoms with Crippen molar-refractivity contribution in [2.45, 2.75) is 32.6 Å². The minimum Gasteiger partial charge on any atom is -0.452 e. The Bertz CT molecular complexity index is 178. The van der Waals surface area contributed by atoms with Gasteiger partial charge in [0.15, 0.2) is 0 Å². The molecule has 0 aliphatic carbocycles. The minimum atomic E-state index is -3.19. The third-order valence-electron chi connectivity index (χ3n) is 1.97. The normalized spacial score (nSPS) is 10.8. The molecule has 0 atom stereocenters. The molecule has 0 bridgehead atoms. The van der Waals surface area contributed by atoms with Crippen LogP contribution < -0.4 is 0 Å². The van der Waals surface area contributed by atoms with Crippen molar-refractivity contribution in [1.29, 1.82) is 0 Å². The Hall–Kier alpha value is 0.567. The van der Waals surface area contributed by atoms with Gasteiger partial charge in [-0.1, -0.05) is 19.8 Å². The number of carbonyl (C=O) groups is 1. The van der Waals surface area contributed by atoms with E-state index in [1.165, 1.54) is 21.3 Å². The van der Waals surface area contributed by atoms with Crippen molar-refractivity contribution in [3.8, 4) is 0 Å². The molecule has 0 N–H and O–H groups in total. The maximum atomic E-state index is 11.4. The summed E-state index contributed by atoms with van der Waals surface area (Å²) in [6, 6.07) is 0. The molecule has 7 heteroatoms. The van der Waals surface area contributed by atoms with Crippen LogP contribution in [0.1, 0.15) is 32.6 Å². The van der Waals surface area contributed by atoms with Gasteiger partial charge in [-0.25, -0.2) is 0 Å². The topological polar surface area (TPSA) is 54.0 Å². The summed E-state index contributed by atoms with van der Waals surface area (Å²) in [6.45, 7) is 2.07. The van der Waals surface area contributed by atoms with Crippen molar-refractivity contribution in [2.24, 2.45) is 0 Å². The van der Waals surface area contributed by atoms with Crippen molar-refractivity contribution in [2.75, 3.05) is 21.3 Å². The SMILES string of the molecule is CCCCCC(=O)O[Si](OC)(OC)OC.[Na]. The van der Waals surface area contributed by atoms with Crippen molar-refractivity contribution < 1.29 is 22.5 Å². The second-order valence-corrected chi connectivity index (χ2v) is 5.47. The van der Waals surface area contributed by atoms with Crippen LogP contribution in [0.3, 0.4) is 0 Å². The van der Waals surface area contributed by atoms with E-state index in [-0.39, 0.29) is 35.5 Å². The number of carbonyl (C=O) groups excluding carboxylic acids is 1. The number of rotatable bonds is 8. The van der Waals surface area contributed by atoms with Crippen molar-refractivity contribution >= 4 is 44.6 Å². The van der Waals surface area contributed by atoms with Crippen molar-refractivity contribution in [3.05, 3.63) is 0 Å². The van der Waals surface area contributed by atoms with Gasteiger partial charge in [0.05, 0.1) is 0 Å². The van der Waals surface area contributed by atoms with Crippen LogP contribution in [0, 0.1) is 0 Å². The van der Waals surface area contributed by atoms with Crippen LogP contribution in [0.25, 0.3) is 0 Å². The average Bonchev–Trinajstić information content (AvgIpc) is 2.26. The first kappa shape index (κ1) is 18.9. The van der Waals surface area contributed by atoms with Gasteiger partial charge in [-0.2, -0.15) is 0 Å². The van der Waals surface area contributed by atoms with E-state index >= 15 is 0 Å². The fourth-order valence-electron chi connectivity index (χ4n) is 1.08. The van der Waals surface area contributed by atoms with Crippen molar-refractivity contribution in [3.63, 3.8) is 0 Å². The second kappa shape index (κ2) is 10.7. The second-order valence-electron chi connectivity index (χ2n) is 3.04. The van der Waals surface area contributed by atoms with Crippen molar-refractivity contribution in [1.82, 2.24) is 0 Å². The summed E-state index contributed by atoms with van der Waals surface area (Å²) in [5, 5.41) is 0. The fourth-order valence-corrected chi connectivity index (χ4v) is 2.22. The third kappa shape index (κ3) is 7.00. The fraction of sp³-hybridized carbons (Fsp3) is 0.889. The van der Waals surface area contributed by atoms with E-state index in [0.717, 1.165) is 19.3 Å². The molecule has 0 aromatic carbocycles. The molecular formula is C9H20NaO5Si. The Balaban J connectivity index is 0. The molecule has 0 aromatic rings. The molecule has 0 heterocycles. The number of unbranched alkanes of at least 4 members (excludes halogenated alkanes) is 2. The van der Waals surface area contributed by atoms with Gasteiger partial charge < -0.3 is 17.7 Å². The maximum Gasteiger partial charge on any atom is 0.750 e. The van der Waals surface area contributed by atoms with Gasteiger partial charge in [0.25, 0.3) is 5.97 Å². The van der Waals surface area contributed by atoms with Gasteiger partial charge in [-0.3, -0.25) is 4.79 Å². The molecule has 0 saturated carbocycles. The molecule has 0 unspecified atom stereocenters. The predicted octanol–water partition coefficient (Wildman–Crippen LogP) is 1.10. The molecule has 0 aliphatic rings. The average molecular weight is 259 g/mol. The summed E-state index contributed by atoms with van der Waals surface area (Å²) in [6.07, 6.45) is 3.26. The molecule has 5 nitrogen and oxygen atoms in total. The van der Waals surface area contributed by atoms with E-state index in [2.05, 4.69) is 6.92 Å². The zero-order chi connectivity index (χ0) is 11.7. The standard InChI is InChI=1S/C9H20O5Si.Na/c1-5-6-7-8-9(10)14-15(11-2,12-3)13-4;/h5-8H2,1-4H3;. The third-order valence-corrected chi connectivity index (χ3v) is 3.95. The van der Waals surface area contributed by atoms with Crippen LogP contribution in [0.4, 0.5) is 0 Å². The van der Waals surface area contributed by atoms with Gasteiger partial charge in [0.2, 0.25) is 0 Å². The zero-order valence-corrected chi connectivity index (χ0v) is 13.9. The van der Waals surface area contributed by atoms with E-state index in [0.29, 0.717) is 6.42 Å². The van der Waals surface area contributed by atoms with E-state index < -0.39 is 9.05 Å². The van der Waals surface area contributed by atoms with Gasteiger partial charge >= 0.3 is 9.05 Å². The minimum absolute atomic E-state index is 0. The first-order chi connectivity index (χ1) is 7.14. The molecule has 1 radical (unpaired) electrons. The molecule has 0 saturated heterocycles. The zero-order valence-electron chi connectivity index (χ0n) is 10.9. The first-order valence-corrected chi connectivity index (χ1v) is 6.64. The number of hydrogen-bond donors (Lipinski definition) is 0. The van der Waals surface area contributed by atoms with Crippen LogP contribution in [-0.2, 0) is 22.5 Å². The Morgan fingerprint density at radius 2 is 1.56 bits per heavy atom. The maximum absolute atomic E-state index is 11.4. The molecule has 91 valence electrons. The van der Waals surface area contributed by atoms with Crippen LogP contribution in [0.15, 0.2) is 0 Å². The molecule has 0 spiro atoms. The first-order valence-electron chi connectivity index (χ1n) is 5.01. The van der Waals surface area contributed by atoms with E-state index in [1.54, 1.807) is 0 Å². The van der Waals surface area contributed by atoms with Gasteiger partial charge in [-0.05, 0) is 6.42 Å². The monoisotopic (exact) mass is 259 g/mol. The summed E-state index contributed by atoms with van der Waals surface area (Å²) < 4.78 is 20.0. The number of hydrogen-bond acceptors (Lipinski definition) is 5. The van der Waals surface area contributed by atoms with Crippen LogP contribution in [0.2, 0.25) is 0 Å². The van der Waals surface area contributed by atoms with Crippen LogP contribution >= 0.6 is 0 Å². The van der Waals surface area contributed by atoms with Crippen LogP contribution in [-0.4, -0.2) is 65.9 Å². The van der Waals surface area contributed by atoms with E-state index in [1.807, 2.05) is 0 Å². The molecule has 0 fully saturated rings. The Labute approximate surface area is 121 Å². The van der Waals surface area contributed by atoms with E-state index in [9.17, 15) is 4.79 Å². The Kier molecular flexibility index (Phi) is 12.7. The Morgan fingerprint density at radius 3 is 1.94 bits per heavy atom. The summed E-state index contributed by atoms with van der Waals surface area (Å²) >= 11 is 0. The Morgan fingerprint density at radius 1 is 1.06 bits per heavy atom. The molecule has 0 aliphatic heterocycles. The predicted molar refractivity (Wildman–Crippen MR) is 62.8 cm³/mol. The summed E-state index contributed by atoms with van der Waals surface area (Å²) in [5.74, 6) is -0.333. The van der Waals surface area contributed by atoms with Crippen LogP contribution in [0.5, 0.6) is 0 Å².